The molecule has 16 aromatic carbocycles. The second-order valence-corrected chi connectivity index (χ2v) is 34.2. The molecule has 0 aliphatic carbocycles. The Balaban J connectivity index is 0.000000141. The number of benzene rings is 16. The van der Waals surface area contributed by atoms with E-state index in [4.69, 9.17) is 0 Å². The van der Waals surface area contributed by atoms with E-state index in [1.807, 2.05) is 0 Å². The molecular formula is C96H68N4Si2. The van der Waals surface area contributed by atoms with Gasteiger partial charge >= 0.3 is 0 Å². The van der Waals surface area contributed by atoms with Crippen LogP contribution in [0.15, 0.2) is 413 Å². The van der Waals surface area contributed by atoms with E-state index in [1.54, 1.807) is 0 Å². The highest BCUT2D eigenvalue weighted by atomic mass is 28.3. The molecule has 0 aliphatic heterocycles. The Morgan fingerprint density at radius 2 is 0.412 bits per heavy atom. The van der Waals surface area contributed by atoms with Gasteiger partial charge in [0.25, 0.3) is 0 Å². The molecule has 0 spiro atoms. The van der Waals surface area contributed by atoms with Gasteiger partial charge in [-0.3, -0.25) is 0 Å². The first-order chi connectivity index (χ1) is 50.7. The van der Waals surface area contributed by atoms with Crippen molar-refractivity contribution in [3.63, 3.8) is 0 Å². The molecule has 0 atom stereocenters. The van der Waals surface area contributed by atoms with Crippen molar-refractivity contribution < 1.29 is 0 Å². The number of aromatic nitrogens is 4. The van der Waals surface area contributed by atoms with E-state index in [0.717, 1.165) is 11.4 Å². The van der Waals surface area contributed by atoms with Crippen LogP contribution in [0.2, 0.25) is 0 Å². The first-order valence-corrected chi connectivity index (χ1v) is 39.2. The molecule has 20 aromatic rings. The predicted molar refractivity (Wildman–Crippen MR) is 437 cm³/mol. The van der Waals surface area contributed by atoms with Gasteiger partial charge in [-0.25, -0.2) is 0 Å². The largest absolute Gasteiger partial charge is 0.309 e. The van der Waals surface area contributed by atoms with E-state index < -0.39 is 16.1 Å². The molecule has 102 heavy (non-hydrogen) atoms. The van der Waals surface area contributed by atoms with E-state index in [2.05, 4.69) is 431 Å². The lowest BCUT2D eigenvalue weighted by molar-refractivity contribution is 1.17. The van der Waals surface area contributed by atoms with E-state index in [9.17, 15) is 0 Å². The lowest BCUT2D eigenvalue weighted by atomic mass is 10.1. The smallest absolute Gasteiger partial charge is 0.179 e. The first-order valence-electron chi connectivity index (χ1n) is 35.2. The molecule has 0 unspecified atom stereocenters. The average Bonchev–Trinajstić information content (AvgIpc) is 1.44. The maximum atomic E-state index is 2.48. The normalized spacial score (nSPS) is 11.9. The summed E-state index contributed by atoms with van der Waals surface area (Å²) in [5.74, 6) is 0. The van der Waals surface area contributed by atoms with Gasteiger partial charge < -0.3 is 18.3 Å². The van der Waals surface area contributed by atoms with Crippen LogP contribution in [0.3, 0.4) is 0 Å². The summed E-state index contributed by atoms with van der Waals surface area (Å²) in [6.45, 7) is 0. The van der Waals surface area contributed by atoms with Crippen molar-refractivity contribution in [1.29, 1.82) is 0 Å². The van der Waals surface area contributed by atoms with Gasteiger partial charge in [0, 0.05) is 60.2 Å². The standard InChI is InChI=1S/2C48H34N2Si/c1-4-19-36(20-5-1)51(37-21-6-2-7-22-37,38-23-8-3-9-24-38)39-25-16-18-35(34-39)49-45-31-15-12-28-42(45)48-46(49)32-17-33-47(48)50-43-29-13-10-26-40(43)41-27-11-14-30-44(41)50;1-4-16-37(17-5-1)51(38-18-6-2-7-19-38,39-20-8-3-9-21-39)40-31-28-35(29-32-40)49-47-27-15-12-24-43(47)44-34-36(30-33-48(44)49)50-45-25-13-10-22-41(45)42-23-11-14-26-46(42)50/h2*1-34H. The zero-order valence-corrected chi connectivity index (χ0v) is 58.0. The maximum absolute atomic E-state index is 2.71. The fourth-order valence-electron chi connectivity index (χ4n) is 17.1. The van der Waals surface area contributed by atoms with Gasteiger partial charge in [-0.05, 0) is 132 Å². The zero-order valence-electron chi connectivity index (χ0n) is 56.0. The molecule has 6 heteroatoms. The molecule has 4 heterocycles. The molecular weight excluding hydrogens is 1270 g/mol. The highest BCUT2D eigenvalue weighted by Crippen LogP contribution is 2.41. The van der Waals surface area contributed by atoms with Crippen molar-refractivity contribution in [2.75, 3.05) is 0 Å². The van der Waals surface area contributed by atoms with Crippen LogP contribution >= 0.6 is 0 Å². The summed E-state index contributed by atoms with van der Waals surface area (Å²) in [7, 11) is -5.32. The van der Waals surface area contributed by atoms with Crippen molar-refractivity contribution in [2.24, 2.45) is 0 Å². The minimum absolute atomic E-state index is 1.16. The number of rotatable bonds is 12. The second kappa shape index (κ2) is 25.2. The third-order valence-electron chi connectivity index (χ3n) is 21.3. The van der Waals surface area contributed by atoms with Crippen LogP contribution in [0, 0.1) is 0 Å². The van der Waals surface area contributed by atoms with E-state index in [0.29, 0.717) is 0 Å². The fourth-order valence-corrected chi connectivity index (χ4v) is 26.6. The minimum atomic E-state index is -2.71. The van der Waals surface area contributed by atoms with Gasteiger partial charge in [-0.1, -0.05) is 322 Å². The number of hydrogen-bond donors (Lipinski definition) is 0. The average molecular weight is 1330 g/mol. The second-order valence-electron chi connectivity index (χ2n) is 26.6. The van der Waals surface area contributed by atoms with Crippen LogP contribution in [0.1, 0.15) is 0 Å². The summed E-state index contributed by atoms with van der Waals surface area (Å²) in [6.07, 6.45) is 0. The lowest BCUT2D eigenvalue weighted by Gasteiger charge is -2.34. The molecule has 0 saturated carbocycles. The van der Waals surface area contributed by atoms with Crippen LogP contribution in [-0.2, 0) is 0 Å². The van der Waals surface area contributed by atoms with Crippen molar-refractivity contribution in [3.8, 4) is 22.7 Å². The molecule has 4 nitrogen and oxygen atoms in total. The summed E-state index contributed by atoms with van der Waals surface area (Å²) in [5, 5.41) is 21.1. The zero-order chi connectivity index (χ0) is 67.6. The minimum Gasteiger partial charge on any atom is -0.309 e. The molecule has 0 radical (unpaired) electrons. The molecule has 0 bridgehead atoms. The molecule has 480 valence electrons. The van der Waals surface area contributed by atoms with Gasteiger partial charge in [0.2, 0.25) is 0 Å². The SMILES string of the molecule is c1ccc([Si](c2ccccc2)(c2ccccc2)c2ccc(-n3c4ccccc4c4cc(-n5c6ccccc6c6ccccc65)ccc43)cc2)cc1.c1ccc([Si](c2ccccc2)(c2ccccc2)c2cccc(-n3c4ccccc4c4c(-n5c6ccccc6c6ccccc65)cccc43)c2)cc1. The van der Waals surface area contributed by atoms with Crippen LogP contribution in [0.4, 0.5) is 0 Å². The van der Waals surface area contributed by atoms with Crippen LogP contribution < -0.4 is 41.5 Å². The Morgan fingerprint density at radius 3 is 0.833 bits per heavy atom. The topological polar surface area (TPSA) is 19.7 Å². The van der Waals surface area contributed by atoms with Crippen LogP contribution in [0.5, 0.6) is 0 Å². The molecule has 0 N–H and O–H groups in total. The molecule has 20 rings (SSSR count). The predicted octanol–water partition coefficient (Wildman–Crippen LogP) is 18.5. The molecule has 0 aliphatic rings. The number of fused-ring (bicyclic) bond motifs is 12. The number of nitrogens with zero attached hydrogens (tertiary/aromatic N) is 4. The summed E-state index contributed by atoms with van der Waals surface area (Å²) in [5.41, 5.74) is 14.4. The Hall–Kier alpha value is -12.8. The Labute approximate surface area is 594 Å². The summed E-state index contributed by atoms with van der Waals surface area (Å²) < 4.78 is 9.77. The summed E-state index contributed by atoms with van der Waals surface area (Å²) in [6, 6.07) is 152. The number of para-hydroxylation sites is 6. The summed E-state index contributed by atoms with van der Waals surface area (Å²) in [4.78, 5) is 0. The van der Waals surface area contributed by atoms with Gasteiger partial charge in [0.1, 0.15) is 0 Å². The summed E-state index contributed by atoms with van der Waals surface area (Å²) >= 11 is 0. The van der Waals surface area contributed by atoms with Crippen molar-refractivity contribution >= 4 is 145 Å². The van der Waals surface area contributed by atoms with E-state index in [1.165, 1.54) is 140 Å². The maximum Gasteiger partial charge on any atom is 0.179 e. The molecule has 4 aromatic heterocycles. The monoisotopic (exact) mass is 1330 g/mol. The highest BCUT2D eigenvalue weighted by molar-refractivity contribution is 7.20. The number of hydrogen-bond acceptors (Lipinski definition) is 0. The third kappa shape index (κ3) is 9.56. The quantitative estimate of drug-likeness (QED) is 0.0858. The van der Waals surface area contributed by atoms with Gasteiger partial charge in [-0.15, -0.1) is 0 Å². The highest BCUT2D eigenvalue weighted by Gasteiger charge is 2.43. The van der Waals surface area contributed by atoms with Gasteiger partial charge in [-0.2, -0.15) is 0 Å². The first kappa shape index (κ1) is 60.3. The lowest BCUT2D eigenvalue weighted by Crippen LogP contribution is -2.74. The fraction of sp³-hybridized carbons (Fsp3) is 0. The molecule has 0 saturated heterocycles. The van der Waals surface area contributed by atoms with Crippen LogP contribution in [0.25, 0.3) is 110 Å². The van der Waals surface area contributed by atoms with Crippen molar-refractivity contribution in [1.82, 2.24) is 18.3 Å². The Bertz CT molecular complexity index is 6180. The van der Waals surface area contributed by atoms with E-state index >= 15 is 0 Å². The van der Waals surface area contributed by atoms with Crippen molar-refractivity contribution in [2.45, 2.75) is 0 Å². The Kier molecular flexibility index (Phi) is 14.9. The van der Waals surface area contributed by atoms with E-state index in [-0.39, 0.29) is 0 Å². The molecule has 0 amide bonds. The Morgan fingerprint density at radius 1 is 0.147 bits per heavy atom. The van der Waals surface area contributed by atoms with Crippen molar-refractivity contribution in [3.05, 3.63) is 413 Å². The van der Waals surface area contributed by atoms with Gasteiger partial charge in [0.15, 0.2) is 16.1 Å². The van der Waals surface area contributed by atoms with Gasteiger partial charge in [0.05, 0.1) is 49.8 Å². The molecule has 0 fully saturated rings. The van der Waals surface area contributed by atoms with Crippen LogP contribution in [-0.4, -0.2) is 34.4 Å². The third-order valence-corrected chi connectivity index (χ3v) is 30.9.